The molecule has 0 radical (unpaired) electrons. The number of carboxylic acid groups (broad SMARTS) is 1. The monoisotopic (exact) mass is 306 g/mol. The smallest absolute Gasteiger partial charge is 0.159 e. The van der Waals surface area contributed by atoms with Gasteiger partial charge in [0.2, 0.25) is 0 Å². The molecule has 23 heavy (non-hydrogen) atoms. The lowest BCUT2D eigenvalue weighted by atomic mass is 10.2. The lowest BCUT2D eigenvalue weighted by Crippen LogP contribution is -2.28. The molecule has 2 heterocycles. The van der Waals surface area contributed by atoms with Gasteiger partial charge >= 0.3 is 0 Å². The third-order valence-electron chi connectivity index (χ3n) is 3.05. The highest BCUT2D eigenvalue weighted by molar-refractivity contribution is 5.66. The average molecular weight is 306 g/mol. The summed E-state index contributed by atoms with van der Waals surface area (Å²) in [7, 11) is 0. The lowest BCUT2D eigenvalue weighted by molar-refractivity contribution is -0.307. The Hall–Kier alpha value is -3.28. The van der Waals surface area contributed by atoms with E-state index >= 15 is 0 Å². The van der Waals surface area contributed by atoms with E-state index in [0.29, 0.717) is 11.6 Å². The van der Waals surface area contributed by atoms with E-state index in [4.69, 9.17) is 4.74 Å². The molecule has 1 aromatic carbocycles. The molecule has 0 aliphatic heterocycles. The van der Waals surface area contributed by atoms with E-state index in [2.05, 4.69) is 15.0 Å². The van der Waals surface area contributed by atoms with Gasteiger partial charge in [-0.2, -0.15) is 0 Å². The highest BCUT2D eigenvalue weighted by atomic mass is 16.5. The fourth-order valence-corrected chi connectivity index (χ4v) is 2.00. The molecule has 3 aromatic rings. The molecule has 0 atom stereocenters. The largest absolute Gasteiger partial charge is 0.546 e. The molecule has 0 aliphatic rings. The number of hydrogen-bond acceptors (Lipinski definition) is 6. The standard InChI is InChI=1S/C17H13N3O3/c21-16(22)11-23-13-6-4-12(5-7-13)17-19-10-8-15(20-17)14-3-1-2-9-18-14/h1-10H,11H2,(H,21,22)/p-1. The van der Waals surface area contributed by atoms with Crippen molar-refractivity contribution in [2.24, 2.45) is 0 Å². The van der Waals surface area contributed by atoms with Gasteiger partial charge in [0, 0.05) is 18.0 Å². The van der Waals surface area contributed by atoms with Gasteiger partial charge < -0.3 is 14.6 Å². The number of carbonyl (C=O) groups excluding carboxylic acids is 1. The Balaban J connectivity index is 1.83. The third-order valence-corrected chi connectivity index (χ3v) is 3.05. The molecule has 0 amide bonds. The van der Waals surface area contributed by atoms with Crippen LogP contribution in [0.15, 0.2) is 60.9 Å². The van der Waals surface area contributed by atoms with Crippen LogP contribution in [-0.4, -0.2) is 27.5 Å². The number of pyridine rings is 1. The summed E-state index contributed by atoms with van der Waals surface area (Å²) >= 11 is 0. The predicted molar refractivity (Wildman–Crippen MR) is 81.2 cm³/mol. The summed E-state index contributed by atoms with van der Waals surface area (Å²) in [6.45, 7) is -0.481. The number of ether oxygens (including phenoxy) is 1. The number of carboxylic acids is 1. The number of rotatable bonds is 5. The van der Waals surface area contributed by atoms with Crippen LogP contribution < -0.4 is 9.84 Å². The van der Waals surface area contributed by atoms with E-state index in [1.165, 1.54) is 0 Å². The van der Waals surface area contributed by atoms with Crippen LogP contribution in [0.4, 0.5) is 0 Å². The molecule has 0 unspecified atom stereocenters. The van der Waals surface area contributed by atoms with E-state index in [1.807, 2.05) is 18.2 Å². The zero-order valence-electron chi connectivity index (χ0n) is 12.0. The van der Waals surface area contributed by atoms with Crippen LogP contribution in [0.2, 0.25) is 0 Å². The first-order valence-corrected chi connectivity index (χ1v) is 6.90. The maximum absolute atomic E-state index is 10.4. The van der Waals surface area contributed by atoms with Gasteiger partial charge in [-0.25, -0.2) is 9.97 Å². The Bertz CT molecular complexity index is 805. The first kappa shape index (κ1) is 14.6. The maximum atomic E-state index is 10.4. The van der Waals surface area contributed by atoms with Gasteiger partial charge in [-0.3, -0.25) is 4.98 Å². The Morgan fingerprint density at radius 1 is 0.957 bits per heavy atom. The van der Waals surface area contributed by atoms with Gasteiger partial charge in [-0.1, -0.05) is 6.07 Å². The number of aliphatic carboxylic acids is 1. The molecule has 0 N–H and O–H groups in total. The van der Waals surface area contributed by atoms with E-state index in [0.717, 1.165) is 17.0 Å². The van der Waals surface area contributed by atoms with Crippen molar-refractivity contribution in [3.05, 3.63) is 60.9 Å². The zero-order valence-corrected chi connectivity index (χ0v) is 12.0. The molecule has 0 fully saturated rings. The van der Waals surface area contributed by atoms with E-state index < -0.39 is 12.6 Å². The van der Waals surface area contributed by atoms with Gasteiger partial charge in [0.15, 0.2) is 5.82 Å². The fraction of sp³-hybridized carbons (Fsp3) is 0.0588. The Morgan fingerprint density at radius 3 is 2.48 bits per heavy atom. The Morgan fingerprint density at radius 2 is 1.78 bits per heavy atom. The van der Waals surface area contributed by atoms with Gasteiger partial charge in [0.05, 0.1) is 17.4 Å². The van der Waals surface area contributed by atoms with Crippen LogP contribution >= 0.6 is 0 Å². The summed E-state index contributed by atoms with van der Waals surface area (Å²) in [5.41, 5.74) is 2.29. The average Bonchev–Trinajstić information content (AvgIpc) is 2.61. The van der Waals surface area contributed by atoms with Crippen molar-refractivity contribution in [3.63, 3.8) is 0 Å². The van der Waals surface area contributed by atoms with Crippen LogP contribution in [0, 0.1) is 0 Å². The van der Waals surface area contributed by atoms with Gasteiger partial charge in [0.1, 0.15) is 12.4 Å². The van der Waals surface area contributed by atoms with Crippen molar-refractivity contribution in [2.45, 2.75) is 0 Å². The van der Waals surface area contributed by atoms with Crippen LogP contribution in [-0.2, 0) is 4.79 Å². The number of benzene rings is 1. The second-order valence-corrected chi connectivity index (χ2v) is 4.67. The number of hydrogen-bond donors (Lipinski definition) is 0. The minimum Gasteiger partial charge on any atom is -0.546 e. The normalized spacial score (nSPS) is 10.3. The zero-order chi connectivity index (χ0) is 16.1. The SMILES string of the molecule is O=C([O-])COc1ccc(-c2nccc(-c3ccccn3)n2)cc1. The molecule has 0 bridgehead atoms. The van der Waals surface area contributed by atoms with Crippen molar-refractivity contribution in [1.82, 2.24) is 15.0 Å². The van der Waals surface area contributed by atoms with Crippen molar-refractivity contribution >= 4 is 5.97 Å². The third kappa shape index (κ3) is 3.68. The van der Waals surface area contributed by atoms with Gasteiger partial charge in [0.25, 0.3) is 0 Å². The van der Waals surface area contributed by atoms with Gasteiger partial charge in [-0.05, 0) is 42.5 Å². The molecule has 0 spiro atoms. The summed E-state index contributed by atoms with van der Waals surface area (Å²) in [5, 5.41) is 10.4. The highest BCUT2D eigenvalue weighted by Crippen LogP contribution is 2.21. The topological polar surface area (TPSA) is 88.0 Å². The highest BCUT2D eigenvalue weighted by Gasteiger charge is 2.05. The van der Waals surface area contributed by atoms with Crippen LogP contribution in [0.25, 0.3) is 22.8 Å². The van der Waals surface area contributed by atoms with Crippen LogP contribution in [0.1, 0.15) is 0 Å². The van der Waals surface area contributed by atoms with E-state index in [-0.39, 0.29) is 0 Å². The van der Waals surface area contributed by atoms with Crippen LogP contribution in [0.3, 0.4) is 0 Å². The summed E-state index contributed by atoms with van der Waals surface area (Å²) in [4.78, 5) is 23.4. The minimum absolute atomic E-state index is 0.443. The molecule has 6 heteroatoms. The Kier molecular flexibility index (Phi) is 4.24. The van der Waals surface area contributed by atoms with E-state index in [9.17, 15) is 9.90 Å². The van der Waals surface area contributed by atoms with Crippen LogP contribution in [0.5, 0.6) is 5.75 Å². The summed E-state index contributed by atoms with van der Waals surface area (Å²) in [6.07, 6.45) is 3.38. The molecule has 0 saturated heterocycles. The number of carbonyl (C=O) groups is 1. The molecule has 114 valence electrons. The number of nitrogens with zero attached hydrogens (tertiary/aromatic N) is 3. The van der Waals surface area contributed by atoms with Crippen molar-refractivity contribution < 1.29 is 14.6 Å². The lowest BCUT2D eigenvalue weighted by Gasteiger charge is -2.07. The summed E-state index contributed by atoms with van der Waals surface area (Å²) in [5.74, 6) is -0.265. The first-order valence-electron chi connectivity index (χ1n) is 6.90. The second-order valence-electron chi connectivity index (χ2n) is 4.67. The quantitative estimate of drug-likeness (QED) is 0.706. The molecular formula is C17H12N3O3-. The number of aromatic nitrogens is 3. The van der Waals surface area contributed by atoms with Crippen molar-refractivity contribution in [2.75, 3.05) is 6.61 Å². The molecule has 6 nitrogen and oxygen atoms in total. The Labute approximate surface area is 132 Å². The fourth-order valence-electron chi connectivity index (χ4n) is 2.00. The second kappa shape index (κ2) is 6.65. The minimum atomic E-state index is -1.26. The molecule has 2 aromatic heterocycles. The van der Waals surface area contributed by atoms with Crippen molar-refractivity contribution in [1.29, 1.82) is 0 Å². The van der Waals surface area contributed by atoms with Crippen molar-refractivity contribution in [3.8, 4) is 28.5 Å². The molecule has 0 saturated carbocycles. The molecular weight excluding hydrogens is 294 g/mol. The molecule has 3 rings (SSSR count). The predicted octanol–water partition coefficient (Wildman–Crippen LogP) is 1.33. The summed E-state index contributed by atoms with van der Waals surface area (Å²) < 4.78 is 5.04. The first-order chi connectivity index (χ1) is 11.2. The summed E-state index contributed by atoms with van der Waals surface area (Å²) in [6, 6.07) is 14.3. The molecule has 0 aliphatic carbocycles. The maximum Gasteiger partial charge on any atom is 0.159 e. The van der Waals surface area contributed by atoms with E-state index in [1.54, 1.807) is 42.7 Å². The van der Waals surface area contributed by atoms with Gasteiger partial charge in [-0.15, -0.1) is 0 Å².